The van der Waals surface area contributed by atoms with E-state index in [1.807, 2.05) is 13.0 Å². The van der Waals surface area contributed by atoms with E-state index in [4.69, 9.17) is 0 Å². The second kappa shape index (κ2) is 14.3. The third kappa shape index (κ3) is 7.07. The van der Waals surface area contributed by atoms with Gasteiger partial charge < -0.3 is 15.3 Å². The number of carbonyl (C=O) groups excluding carboxylic acids is 1. The number of halogens is 3. The molecule has 3 aliphatic rings. The van der Waals surface area contributed by atoms with Crippen LogP contribution in [0.25, 0.3) is 0 Å². The number of benzene rings is 2. The van der Waals surface area contributed by atoms with Crippen LogP contribution in [0, 0.1) is 23.4 Å². The predicted octanol–water partition coefficient (Wildman–Crippen LogP) is 5.99. The number of aliphatic carboxylic acids is 1. The highest BCUT2D eigenvalue weighted by Crippen LogP contribution is 2.41. The molecule has 2 amide bonds. The van der Waals surface area contributed by atoms with E-state index in [2.05, 4.69) is 22.0 Å². The average molecular weight is 615 g/mol. The third-order valence-electron chi connectivity index (χ3n) is 10.2. The minimum Gasteiger partial charge on any atom is -0.480 e. The van der Waals surface area contributed by atoms with Gasteiger partial charge in [0.2, 0.25) is 0 Å². The molecule has 4 atom stereocenters. The van der Waals surface area contributed by atoms with Crippen LogP contribution in [0.1, 0.15) is 75.8 Å². The van der Waals surface area contributed by atoms with Crippen molar-refractivity contribution in [3.8, 4) is 0 Å². The van der Waals surface area contributed by atoms with Gasteiger partial charge in [0.05, 0.1) is 0 Å². The smallest absolute Gasteiger partial charge is 0.321 e. The number of amides is 2. The van der Waals surface area contributed by atoms with Crippen LogP contribution in [0.5, 0.6) is 0 Å². The lowest BCUT2D eigenvalue weighted by atomic mass is 9.83. The second-order valence-corrected chi connectivity index (χ2v) is 12.7. The van der Waals surface area contributed by atoms with Gasteiger partial charge in [-0.1, -0.05) is 37.5 Å². The summed E-state index contributed by atoms with van der Waals surface area (Å²) in [7, 11) is 0. The molecule has 2 saturated heterocycles. The first kappa shape index (κ1) is 32.3. The van der Waals surface area contributed by atoms with E-state index < -0.39 is 23.6 Å². The first-order valence-corrected chi connectivity index (χ1v) is 16.1. The molecule has 0 bridgehead atoms. The Morgan fingerprint density at radius 1 is 1.00 bits per heavy atom. The molecule has 3 fully saturated rings. The van der Waals surface area contributed by atoms with E-state index in [0.29, 0.717) is 18.7 Å². The zero-order valence-corrected chi connectivity index (χ0v) is 25.7. The van der Waals surface area contributed by atoms with Crippen molar-refractivity contribution in [3.05, 3.63) is 71.0 Å². The summed E-state index contributed by atoms with van der Waals surface area (Å²) in [6.07, 6.45) is 6.61. The number of piperidine rings is 1. The van der Waals surface area contributed by atoms with E-state index in [-0.39, 0.29) is 48.4 Å². The maximum absolute atomic E-state index is 14.4. The SMILES string of the molecule is CCN(C(=O)NCc1ccc(F)c(F)c1)C1CCN(C2C(c3cccc(F)c3)CN([C@@H](C(=O)O)C3CCCCC3)C2C)CC1. The minimum atomic E-state index is -0.943. The van der Waals surface area contributed by atoms with Crippen LogP contribution < -0.4 is 5.32 Å². The van der Waals surface area contributed by atoms with Gasteiger partial charge in [-0.15, -0.1) is 0 Å². The Kier molecular flexibility index (Phi) is 10.5. The predicted molar refractivity (Wildman–Crippen MR) is 163 cm³/mol. The number of nitrogens with one attached hydrogen (secondary N) is 1. The number of rotatable bonds is 9. The maximum atomic E-state index is 14.4. The zero-order valence-electron chi connectivity index (χ0n) is 25.7. The van der Waals surface area contributed by atoms with Gasteiger partial charge in [-0.25, -0.2) is 18.0 Å². The Bertz CT molecular complexity index is 1300. The number of carbonyl (C=O) groups is 2. The van der Waals surface area contributed by atoms with Crippen LogP contribution in [0.2, 0.25) is 0 Å². The summed E-state index contributed by atoms with van der Waals surface area (Å²) in [4.78, 5) is 32.2. The number of carboxylic acid groups (broad SMARTS) is 1. The van der Waals surface area contributed by atoms with Crippen molar-refractivity contribution in [2.75, 3.05) is 26.2 Å². The molecule has 44 heavy (non-hydrogen) atoms. The number of hydrogen-bond donors (Lipinski definition) is 2. The van der Waals surface area contributed by atoms with E-state index in [0.717, 1.165) is 75.7 Å². The molecule has 2 N–H and O–H groups in total. The van der Waals surface area contributed by atoms with Crippen molar-refractivity contribution in [1.82, 2.24) is 20.0 Å². The monoisotopic (exact) mass is 614 g/mol. The van der Waals surface area contributed by atoms with Crippen LogP contribution >= 0.6 is 0 Å². The molecule has 5 rings (SSSR count). The lowest BCUT2D eigenvalue weighted by Crippen LogP contribution is -2.56. The molecule has 3 unspecified atom stereocenters. The molecule has 0 aromatic heterocycles. The quantitative estimate of drug-likeness (QED) is 0.363. The van der Waals surface area contributed by atoms with Crippen molar-refractivity contribution in [2.45, 2.75) is 95.4 Å². The summed E-state index contributed by atoms with van der Waals surface area (Å²) in [6, 6.07) is 9.51. The first-order valence-electron chi connectivity index (χ1n) is 16.1. The fourth-order valence-electron chi connectivity index (χ4n) is 8.06. The van der Waals surface area contributed by atoms with Gasteiger partial charge in [0.1, 0.15) is 11.9 Å². The molecule has 7 nitrogen and oxygen atoms in total. The van der Waals surface area contributed by atoms with Gasteiger partial charge in [-0.3, -0.25) is 14.6 Å². The third-order valence-corrected chi connectivity index (χ3v) is 10.2. The van der Waals surface area contributed by atoms with Crippen molar-refractivity contribution in [1.29, 1.82) is 0 Å². The van der Waals surface area contributed by atoms with E-state index in [1.54, 1.807) is 17.0 Å². The highest BCUT2D eigenvalue weighted by molar-refractivity contribution is 5.75. The number of urea groups is 1. The molecule has 1 saturated carbocycles. The molecular formula is C34H45F3N4O3. The van der Waals surface area contributed by atoms with Crippen LogP contribution in [-0.2, 0) is 11.3 Å². The molecule has 10 heteroatoms. The fourth-order valence-corrected chi connectivity index (χ4v) is 8.06. The van der Waals surface area contributed by atoms with E-state index >= 15 is 0 Å². The standard InChI is InChI=1S/C34H45F3N4O3/c1-3-40(34(44)38-20-23-12-13-29(36)30(37)18-23)27-14-16-39(17-15-27)31-22(2)41(21-28(31)25-10-7-11-26(35)19-25)32(33(42)43)24-8-5-4-6-9-24/h7,10-13,18-19,22,24,27-28,31-32H,3-6,8-9,14-17,20-21H2,1-2H3,(H,38,44)(H,42,43)/t22?,28?,31?,32-/m1/s1. The molecular weight excluding hydrogens is 569 g/mol. The number of carboxylic acids is 1. The van der Waals surface area contributed by atoms with Crippen LogP contribution in [0.3, 0.4) is 0 Å². The Morgan fingerprint density at radius 2 is 1.73 bits per heavy atom. The second-order valence-electron chi connectivity index (χ2n) is 12.7. The highest BCUT2D eigenvalue weighted by Gasteiger charge is 2.49. The van der Waals surface area contributed by atoms with Crippen molar-refractivity contribution >= 4 is 12.0 Å². The summed E-state index contributed by atoms with van der Waals surface area (Å²) in [5, 5.41) is 13.3. The van der Waals surface area contributed by atoms with Crippen LogP contribution in [0.15, 0.2) is 42.5 Å². The average Bonchev–Trinajstić information content (AvgIpc) is 3.35. The van der Waals surface area contributed by atoms with Gasteiger partial charge in [0.25, 0.3) is 0 Å². The van der Waals surface area contributed by atoms with Gasteiger partial charge in [0, 0.05) is 56.8 Å². The normalized spacial score (nSPS) is 24.7. The highest BCUT2D eigenvalue weighted by atomic mass is 19.2. The Hall–Kier alpha value is -3.11. The summed E-state index contributed by atoms with van der Waals surface area (Å²) < 4.78 is 41.3. The maximum Gasteiger partial charge on any atom is 0.321 e. The number of nitrogens with zero attached hydrogens (tertiary/aromatic N) is 3. The fraction of sp³-hybridized carbons (Fsp3) is 0.588. The molecule has 0 radical (unpaired) electrons. The Balaban J connectivity index is 1.29. The molecule has 0 spiro atoms. The zero-order chi connectivity index (χ0) is 31.4. The van der Waals surface area contributed by atoms with Gasteiger partial charge in [-0.2, -0.15) is 0 Å². The van der Waals surface area contributed by atoms with Crippen LogP contribution in [-0.4, -0.2) is 82.2 Å². The van der Waals surface area contributed by atoms with Crippen molar-refractivity contribution in [3.63, 3.8) is 0 Å². The molecule has 2 heterocycles. The van der Waals surface area contributed by atoms with Crippen molar-refractivity contribution in [2.24, 2.45) is 5.92 Å². The van der Waals surface area contributed by atoms with Gasteiger partial charge in [0.15, 0.2) is 11.6 Å². The summed E-state index contributed by atoms with van der Waals surface area (Å²) >= 11 is 0. The topological polar surface area (TPSA) is 76.1 Å². The molecule has 2 aliphatic heterocycles. The summed E-state index contributed by atoms with van der Waals surface area (Å²) in [6.45, 7) is 6.69. The molecule has 1 aliphatic carbocycles. The van der Waals surface area contributed by atoms with Gasteiger partial charge in [-0.05, 0) is 80.8 Å². The number of likely N-dealkylation sites (tertiary alicyclic amines) is 2. The summed E-state index contributed by atoms with van der Waals surface area (Å²) in [5.41, 5.74) is 1.38. The minimum absolute atomic E-state index is 0.00985. The number of hydrogen-bond acceptors (Lipinski definition) is 4. The Morgan fingerprint density at radius 3 is 2.36 bits per heavy atom. The summed E-state index contributed by atoms with van der Waals surface area (Å²) in [5.74, 6) is -2.85. The Labute approximate surface area is 258 Å². The molecule has 240 valence electrons. The van der Waals surface area contributed by atoms with E-state index in [1.165, 1.54) is 12.1 Å². The lowest BCUT2D eigenvalue weighted by Gasteiger charge is -2.44. The molecule has 2 aromatic carbocycles. The first-order chi connectivity index (χ1) is 21.2. The largest absolute Gasteiger partial charge is 0.480 e. The molecule has 2 aromatic rings. The lowest BCUT2D eigenvalue weighted by molar-refractivity contribution is -0.146. The van der Waals surface area contributed by atoms with Crippen LogP contribution in [0.4, 0.5) is 18.0 Å². The van der Waals surface area contributed by atoms with Gasteiger partial charge >= 0.3 is 12.0 Å². The van der Waals surface area contributed by atoms with Crippen molar-refractivity contribution < 1.29 is 27.9 Å². The van der Waals surface area contributed by atoms with E-state index in [9.17, 15) is 27.9 Å².